The molecule has 0 aliphatic heterocycles. The number of primary amides is 1. The van der Waals surface area contributed by atoms with Gasteiger partial charge in [-0.15, -0.1) is 0 Å². The highest BCUT2D eigenvalue weighted by atomic mass is 16.1. The number of hydrogen-bond donors (Lipinski definition) is 1. The number of rotatable bonds is 4. The highest BCUT2D eigenvalue weighted by Crippen LogP contribution is 2.19. The Labute approximate surface area is 89.3 Å². The van der Waals surface area contributed by atoms with Crippen molar-refractivity contribution in [1.29, 1.82) is 0 Å². The van der Waals surface area contributed by atoms with E-state index in [1.807, 2.05) is 19.1 Å². The molecule has 80 valence electrons. The Morgan fingerprint density at radius 1 is 1.27 bits per heavy atom. The zero-order chi connectivity index (χ0) is 11.4. The number of benzene rings is 1. The molecule has 15 heavy (non-hydrogen) atoms. The molecule has 1 rings (SSSR count). The second-order valence-electron chi connectivity index (χ2n) is 3.79. The lowest BCUT2D eigenvalue weighted by Gasteiger charge is -2.09. The van der Waals surface area contributed by atoms with Gasteiger partial charge in [-0.05, 0) is 30.5 Å². The number of nitrogens with two attached hydrogens (primary N) is 1. The Bertz CT molecular complexity index is 368. The number of carbonyl (C=O) groups excluding carboxylic acids is 2. The van der Waals surface area contributed by atoms with E-state index < -0.39 is 5.91 Å². The largest absolute Gasteiger partial charge is 0.366 e. The molecule has 0 bridgehead atoms. The summed E-state index contributed by atoms with van der Waals surface area (Å²) >= 11 is 0. The average molecular weight is 205 g/mol. The molecule has 1 unspecified atom stereocenters. The lowest BCUT2D eigenvalue weighted by Crippen LogP contribution is -2.10. The van der Waals surface area contributed by atoms with Crippen LogP contribution >= 0.6 is 0 Å². The SMILES string of the molecule is CC(=O)CC(C)c1ccc(C(N)=O)cc1. The molecule has 1 aromatic rings. The Hall–Kier alpha value is -1.64. The van der Waals surface area contributed by atoms with E-state index in [1.165, 1.54) is 0 Å². The maximum atomic E-state index is 10.9. The van der Waals surface area contributed by atoms with E-state index in [2.05, 4.69) is 0 Å². The average Bonchev–Trinajstić information content (AvgIpc) is 2.17. The van der Waals surface area contributed by atoms with Crippen LogP contribution in [0.25, 0.3) is 0 Å². The van der Waals surface area contributed by atoms with Crippen molar-refractivity contribution in [2.24, 2.45) is 5.73 Å². The van der Waals surface area contributed by atoms with Crippen LogP contribution in [0.2, 0.25) is 0 Å². The number of Topliss-reactive ketones (excluding diaryl/α,β-unsaturated/α-hetero) is 1. The number of hydrogen-bond acceptors (Lipinski definition) is 2. The highest BCUT2D eigenvalue weighted by Gasteiger charge is 2.08. The predicted octanol–water partition coefficient (Wildman–Crippen LogP) is 1.87. The van der Waals surface area contributed by atoms with E-state index in [0.717, 1.165) is 5.56 Å². The minimum atomic E-state index is -0.430. The van der Waals surface area contributed by atoms with E-state index in [1.54, 1.807) is 19.1 Å². The number of amides is 1. The van der Waals surface area contributed by atoms with E-state index in [4.69, 9.17) is 5.73 Å². The van der Waals surface area contributed by atoms with E-state index in [-0.39, 0.29) is 11.7 Å². The Morgan fingerprint density at radius 2 is 1.80 bits per heavy atom. The van der Waals surface area contributed by atoms with Gasteiger partial charge in [-0.25, -0.2) is 0 Å². The summed E-state index contributed by atoms with van der Waals surface area (Å²) in [6, 6.07) is 7.06. The van der Waals surface area contributed by atoms with Crippen molar-refractivity contribution >= 4 is 11.7 Å². The summed E-state index contributed by atoms with van der Waals surface area (Å²) in [7, 11) is 0. The smallest absolute Gasteiger partial charge is 0.248 e. The fourth-order valence-corrected chi connectivity index (χ4v) is 1.52. The van der Waals surface area contributed by atoms with Crippen molar-refractivity contribution in [1.82, 2.24) is 0 Å². The summed E-state index contributed by atoms with van der Waals surface area (Å²) in [5.74, 6) is -0.0772. The molecule has 0 saturated heterocycles. The van der Waals surface area contributed by atoms with Gasteiger partial charge in [0.15, 0.2) is 0 Å². The topological polar surface area (TPSA) is 60.2 Å². The van der Waals surface area contributed by atoms with Gasteiger partial charge >= 0.3 is 0 Å². The first-order valence-corrected chi connectivity index (χ1v) is 4.90. The Morgan fingerprint density at radius 3 is 2.20 bits per heavy atom. The predicted molar refractivity (Wildman–Crippen MR) is 58.7 cm³/mol. The quantitative estimate of drug-likeness (QED) is 0.815. The van der Waals surface area contributed by atoms with Crippen LogP contribution in [0.3, 0.4) is 0 Å². The normalized spacial score (nSPS) is 12.1. The molecule has 0 aliphatic rings. The van der Waals surface area contributed by atoms with Crippen LogP contribution < -0.4 is 5.73 Å². The van der Waals surface area contributed by atoms with Crippen molar-refractivity contribution in [3.05, 3.63) is 35.4 Å². The minimum absolute atomic E-state index is 0.168. The monoisotopic (exact) mass is 205 g/mol. The molecule has 0 fully saturated rings. The third-order valence-electron chi connectivity index (χ3n) is 2.36. The second-order valence-corrected chi connectivity index (χ2v) is 3.79. The van der Waals surface area contributed by atoms with Gasteiger partial charge in [-0.3, -0.25) is 4.79 Å². The van der Waals surface area contributed by atoms with Gasteiger partial charge in [0.05, 0.1) is 0 Å². The minimum Gasteiger partial charge on any atom is -0.366 e. The maximum absolute atomic E-state index is 10.9. The van der Waals surface area contributed by atoms with Crippen molar-refractivity contribution < 1.29 is 9.59 Å². The van der Waals surface area contributed by atoms with Gasteiger partial charge in [-0.2, -0.15) is 0 Å². The van der Waals surface area contributed by atoms with Gasteiger partial charge in [0.2, 0.25) is 5.91 Å². The second kappa shape index (κ2) is 4.73. The Kier molecular flexibility index (Phi) is 3.61. The highest BCUT2D eigenvalue weighted by molar-refractivity contribution is 5.92. The molecule has 0 saturated carbocycles. The van der Waals surface area contributed by atoms with Crippen molar-refractivity contribution in [3.8, 4) is 0 Å². The molecule has 0 radical (unpaired) electrons. The van der Waals surface area contributed by atoms with Crippen LogP contribution in [0.4, 0.5) is 0 Å². The third-order valence-corrected chi connectivity index (χ3v) is 2.36. The first-order valence-electron chi connectivity index (χ1n) is 4.90. The fraction of sp³-hybridized carbons (Fsp3) is 0.333. The van der Waals surface area contributed by atoms with Crippen LogP contribution in [-0.4, -0.2) is 11.7 Å². The third kappa shape index (κ3) is 3.20. The van der Waals surface area contributed by atoms with E-state index >= 15 is 0 Å². The van der Waals surface area contributed by atoms with Crippen molar-refractivity contribution in [2.75, 3.05) is 0 Å². The molecule has 0 spiro atoms. The summed E-state index contributed by atoms with van der Waals surface area (Å²) in [6.07, 6.45) is 0.524. The van der Waals surface area contributed by atoms with Crippen LogP contribution in [0.5, 0.6) is 0 Å². The van der Waals surface area contributed by atoms with Crippen LogP contribution in [0, 0.1) is 0 Å². The summed E-state index contributed by atoms with van der Waals surface area (Å²) < 4.78 is 0. The zero-order valence-corrected chi connectivity index (χ0v) is 8.99. The number of carbonyl (C=O) groups is 2. The van der Waals surface area contributed by atoms with Crippen LogP contribution in [-0.2, 0) is 4.79 Å². The summed E-state index contributed by atoms with van der Waals surface area (Å²) in [5.41, 5.74) is 6.67. The fourth-order valence-electron chi connectivity index (χ4n) is 1.52. The van der Waals surface area contributed by atoms with Gasteiger partial charge in [0.1, 0.15) is 5.78 Å². The maximum Gasteiger partial charge on any atom is 0.248 e. The van der Waals surface area contributed by atoms with Gasteiger partial charge in [0, 0.05) is 12.0 Å². The molecule has 0 aromatic heterocycles. The molecule has 0 aliphatic carbocycles. The molecule has 1 atom stereocenters. The first kappa shape index (κ1) is 11.4. The van der Waals surface area contributed by atoms with E-state index in [0.29, 0.717) is 12.0 Å². The summed E-state index contributed by atoms with van der Waals surface area (Å²) in [4.78, 5) is 21.8. The van der Waals surface area contributed by atoms with Gasteiger partial charge < -0.3 is 10.5 Å². The molecular formula is C12H15NO2. The molecule has 1 aromatic carbocycles. The zero-order valence-electron chi connectivity index (χ0n) is 8.99. The molecule has 2 N–H and O–H groups in total. The summed E-state index contributed by atoms with van der Waals surface area (Å²) in [6.45, 7) is 3.56. The van der Waals surface area contributed by atoms with Gasteiger partial charge in [-0.1, -0.05) is 19.1 Å². The first-order chi connectivity index (χ1) is 7.00. The Balaban J connectivity index is 2.79. The van der Waals surface area contributed by atoms with Crippen molar-refractivity contribution in [2.45, 2.75) is 26.2 Å². The molecule has 1 amide bonds. The standard InChI is InChI=1S/C12H15NO2/c1-8(7-9(2)14)10-3-5-11(6-4-10)12(13)15/h3-6,8H,7H2,1-2H3,(H2,13,15). The lowest BCUT2D eigenvalue weighted by molar-refractivity contribution is -0.117. The molecule has 3 nitrogen and oxygen atoms in total. The lowest BCUT2D eigenvalue weighted by atomic mass is 9.95. The van der Waals surface area contributed by atoms with Crippen LogP contribution in [0.1, 0.15) is 42.1 Å². The summed E-state index contributed by atoms with van der Waals surface area (Å²) in [5, 5.41) is 0. The van der Waals surface area contributed by atoms with Crippen molar-refractivity contribution in [3.63, 3.8) is 0 Å². The molecule has 0 heterocycles. The van der Waals surface area contributed by atoms with Gasteiger partial charge in [0.25, 0.3) is 0 Å². The van der Waals surface area contributed by atoms with E-state index in [9.17, 15) is 9.59 Å². The number of ketones is 1. The molecule has 3 heteroatoms. The molecular weight excluding hydrogens is 190 g/mol. The van der Waals surface area contributed by atoms with Crippen LogP contribution in [0.15, 0.2) is 24.3 Å².